The van der Waals surface area contributed by atoms with E-state index in [0.29, 0.717) is 11.6 Å². The van der Waals surface area contributed by atoms with E-state index in [1.165, 1.54) is 37.0 Å². The van der Waals surface area contributed by atoms with Crippen molar-refractivity contribution >= 4 is 17.3 Å². The Labute approximate surface area is 93.1 Å². The lowest BCUT2D eigenvalue weighted by Crippen LogP contribution is -2.24. The summed E-state index contributed by atoms with van der Waals surface area (Å²) < 4.78 is 0. The van der Waals surface area contributed by atoms with Gasteiger partial charge in [-0.3, -0.25) is 0 Å². The first-order valence-corrected chi connectivity index (χ1v) is 6.18. The van der Waals surface area contributed by atoms with Crippen LogP contribution in [0.4, 0.5) is 0 Å². The molecule has 2 rings (SSSR count). The van der Waals surface area contributed by atoms with Gasteiger partial charge in [-0.2, -0.15) is 0 Å². The van der Waals surface area contributed by atoms with Crippen LogP contribution in [0.3, 0.4) is 0 Å². The molecular formula is C11H15NO2S. The van der Waals surface area contributed by atoms with Crippen molar-refractivity contribution in [2.24, 2.45) is 0 Å². The minimum Gasteiger partial charge on any atom is -0.478 e. The number of carbonyl (C=O) groups is 1. The highest BCUT2D eigenvalue weighted by molar-refractivity contribution is 7.10. The Bertz CT molecular complexity index is 342. The molecule has 1 aliphatic carbocycles. The van der Waals surface area contributed by atoms with E-state index < -0.39 is 5.97 Å². The van der Waals surface area contributed by atoms with Gasteiger partial charge in [-0.15, -0.1) is 11.3 Å². The van der Waals surface area contributed by atoms with Gasteiger partial charge < -0.3 is 10.4 Å². The molecular weight excluding hydrogens is 210 g/mol. The number of hydrogen-bond donors (Lipinski definition) is 2. The Morgan fingerprint density at radius 2 is 2.27 bits per heavy atom. The summed E-state index contributed by atoms with van der Waals surface area (Å²) in [4.78, 5) is 11.8. The first kappa shape index (κ1) is 10.6. The van der Waals surface area contributed by atoms with Crippen LogP contribution in [0.1, 0.15) is 40.9 Å². The van der Waals surface area contributed by atoms with Gasteiger partial charge in [0.25, 0.3) is 0 Å². The molecule has 2 N–H and O–H groups in total. The van der Waals surface area contributed by atoms with Crippen molar-refractivity contribution in [3.63, 3.8) is 0 Å². The monoisotopic (exact) mass is 225 g/mol. The van der Waals surface area contributed by atoms with Crippen molar-refractivity contribution in [3.8, 4) is 0 Å². The molecule has 1 aromatic heterocycles. The molecule has 0 aromatic carbocycles. The van der Waals surface area contributed by atoms with Gasteiger partial charge in [0.05, 0.1) is 5.56 Å². The number of aromatic carboxylic acids is 1. The fourth-order valence-electron chi connectivity index (χ4n) is 1.96. The highest BCUT2D eigenvalue weighted by Crippen LogP contribution is 2.19. The molecule has 1 saturated carbocycles. The second kappa shape index (κ2) is 4.77. The summed E-state index contributed by atoms with van der Waals surface area (Å²) in [7, 11) is 0. The molecule has 4 heteroatoms. The summed E-state index contributed by atoms with van der Waals surface area (Å²) >= 11 is 1.52. The number of carboxylic acid groups (broad SMARTS) is 1. The van der Waals surface area contributed by atoms with Crippen molar-refractivity contribution in [1.82, 2.24) is 5.32 Å². The molecule has 0 radical (unpaired) electrons. The van der Waals surface area contributed by atoms with Crippen molar-refractivity contribution in [2.45, 2.75) is 38.3 Å². The Morgan fingerprint density at radius 3 is 2.87 bits per heavy atom. The van der Waals surface area contributed by atoms with E-state index >= 15 is 0 Å². The van der Waals surface area contributed by atoms with Crippen LogP contribution < -0.4 is 5.32 Å². The molecule has 0 spiro atoms. The third-order valence-electron chi connectivity index (χ3n) is 2.82. The maximum absolute atomic E-state index is 10.7. The molecule has 1 aliphatic rings. The average molecular weight is 225 g/mol. The minimum absolute atomic E-state index is 0.406. The van der Waals surface area contributed by atoms with Gasteiger partial charge in [0.15, 0.2) is 0 Å². The summed E-state index contributed by atoms with van der Waals surface area (Å²) in [6, 6.07) is 2.40. The van der Waals surface area contributed by atoms with Crippen LogP contribution in [0.25, 0.3) is 0 Å². The predicted molar refractivity (Wildman–Crippen MR) is 60.4 cm³/mol. The topological polar surface area (TPSA) is 49.3 Å². The maximum Gasteiger partial charge on any atom is 0.336 e. The number of rotatable bonds is 4. The molecule has 1 aromatic rings. The van der Waals surface area contributed by atoms with Gasteiger partial charge in [-0.1, -0.05) is 12.8 Å². The summed E-state index contributed by atoms with van der Waals surface area (Å²) in [5, 5.41) is 13.9. The SMILES string of the molecule is O=C(O)c1csc(CNC2CCCC2)c1. The van der Waals surface area contributed by atoms with E-state index in [-0.39, 0.29) is 0 Å². The lowest BCUT2D eigenvalue weighted by Gasteiger charge is -2.09. The van der Waals surface area contributed by atoms with Gasteiger partial charge in [0.1, 0.15) is 0 Å². The van der Waals surface area contributed by atoms with Crippen LogP contribution in [0.5, 0.6) is 0 Å². The van der Waals surface area contributed by atoms with Gasteiger partial charge >= 0.3 is 5.97 Å². The molecule has 0 aliphatic heterocycles. The molecule has 82 valence electrons. The molecule has 0 amide bonds. The Balaban J connectivity index is 1.84. The van der Waals surface area contributed by atoms with E-state index in [9.17, 15) is 4.79 Å². The average Bonchev–Trinajstić information content (AvgIpc) is 2.86. The fourth-order valence-corrected chi connectivity index (χ4v) is 2.77. The zero-order valence-electron chi connectivity index (χ0n) is 8.53. The van der Waals surface area contributed by atoms with Crippen LogP contribution in [0.15, 0.2) is 11.4 Å². The first-order chi connectivity index (χ1) is 7.25. The van der Waals surface area contributed by atoms with Crippen LogP contribution in [0.2, 0.25) is 0 Å². The normalized spacial score (nSPS) is 17.1. The highest BCUT2D eigenvalue weighted by atomic mass is 32.1. The predicted octanol–water partition coefficient (Wildman–Crippen LogP) is 2.48. The van der Waals surface area contributed by atoms with Crippen molar-refractivity contribution in [1.29, 1.82) is 0 Å². The standard InChI is InChI=1S/C11H15NO2S/c13-11(14)8-5-10(15-7-8)6-12-9-3-1-2-4-9/h5,7,9,12H,1-4,6H2,(H,13,14). The molecule has 3 nitrogen and oxygen atoms in total. The molecule has 0 saturated heterocycles. The molecule has 0 unspecified atom stereocenters. The van der Waals surface area contributed by atoms with Gasteiger partial charge in [0, 0.05) is 22.8 Å². The van der Waals surface area contributed by atoms with Crippen LogP contribution >= 0.6 is 11.3 Å². The molecule has 0 atom stereocenters. The van der Waals surface area contributed by atoms with E-state index in [1.54, 1.807) is 11.4 Å². The molecule has 1 heterocycles. The fraction of sp³-hybridized carbons (Fsp3) is 0.545. The highest BCUT2D eigenvalue weighted by Gasteiger charge is 2.14. The zero-order valence-corrected chi connectivity index (χ0v) is 9.35. The number of hydrogen-bond acceptors (Lipinski definition) is 3. The number of nitrogens with one attached hydrogen (secondary N) is 1. The largest absolute Gasteiger partial charge is 0.478 e. The van der Waals surface area contributed by atoms with E-state index in [4.69, 9.17) is 5.11 Å². The lowest BCUT2D eigenvalue weighted by atomic mass is 10.2. The van der Waals surface area contributed by atoms with E-state index in [2.05, 4.69) is 5.32 Å². The van der Waals surface area contributed by atoms with Crippen LogP contribution in [0, 0.1) is 0 Å². The van der Waals surface area contributed by atoms with Crippen molar-refractivity contribution in [3.05, 3.63) is 21.9 Å². The maximum atomic E-state index is 10.7. The van der Waals surface area contributed by atoms with Crippen molar-refractivity contribution in [2.75, 3.05) is 0 Å². The van der Waals surface area contributed by atoms with Gasteiger partial charge in [0.2, 0.25) is 0 Å². The van der Waals surface area contributed by atoms with Crippen molar-refractivity contribution < 1.29 is 9.90 Å². The Kier molecular flexibility index (Phi) is 3.38. The van der Waals surface area contributed by atoms with Gasteiger partial charge in [-0.25, -0.2) is 4.79 Å². The summed E-state index contributed by atoms with van der Waals surface area (Å²) in [6.45, 7) is 0.808. The first-order valence-electron chi connectivity index (χ1n) is 5.30. The second-order valence-corrected chi connectivity index (χ2v) is 4.96. The Hall–Kier alpha value is -0.870. The lowest BCUT2D eigenvalue weighted by molar-refractivity contribution is 0.0697. The summed E-state index contributed by atoms with van der Waals surface area (Å²) in [5.74, 6) is -0.835. The summed E-state index contributed by atoms with van der Waals surface area (Å²) in [5.41, 5.74) is 0.406. The second-order valence-electron chi connectivity index (χ2n) is 3.97. The third-order valence-corrected chi connectivity index (χ3v) is 3.76. The van der Waals surface area contributed by atoms with E-state index in [0.717, 1.165) is 11.4 Å². The minimum atomic E-state index is -0.835. The number of thiophene rings is 1. The number of carboxylic acids is 1. The third kappa shape index (κ3) is 2.79. The molecule has 0 bridgehead atoms. The molecule has 1 fully saturated rings. The van der Waals surface area contributed by atoms with E-state index in [1.807, 2.05) is 0 Å². The Morgan fingerprint density at radius 1 is 1.53 bits per heavy atom. The quantitative estimate of drug-likeness (QED) is 0.827. The zero-order chi connectivity index (χ0) is 10.7. The molecule has 15 heavy (non-hydrogen) atoms. The van der Waals surface area contributed by atoms with Crippen LogP contribution in [-0.2, 0) is 6.54 Å². The smallest absolute Gasteiger partial charge is 0.336 e. The van der Waals surface area contributed by atoms with Gasteiger partial charge in [-0.05, 0) is 18.9 Å². The summed E-state index contributed by atoms with van der Waals surface area (Å²) in [6.07, 6.45) is 5.17. The van der Waals surface area contributed by atoms with Crippen LogP contribution in [-0.4, -0.2) is 17.1 Å².